The average Bonchev–Trinajstić information content (AvgIpc) is 3.31. The number of nitrogens with zero attached hydrogens (tertiary/aromatic N) is 2. The number of ether oxygens (including phenoxy) is 1. The third kappa shape index (κ3) is 3.76. The number of hydrogen-bond donors (Lipinski definition) is 0. The van der Waals surface area contributed by atoms with Crippen LogP contribution in [0.3, 0.4) is 0 Å². The number of fused-ring (bicyclic) bond motifs is 1. The van der Waals surface area contributed by atoms with E-state index in [0.717, 1.165) is 22.6 Å². The molecule has 0 unspecified atom stereocenters. The van der Waals surface area contributed by atoms with Crippen molar-refractivity contribution in [1.29, 1.82) is 0 Å². The molecule has 0 atom stereocenters. The summed E-state index contributed by atoms with van der Waals surface area (Å²) in [5.74, 6) is -0.138. The summed E-state index contributed by atoms with van der Waals surface area (Å²) in [6.45, 7) is 3.87. The van der Waals surface area contributed by atoms with Crippen molar-refractivity contribution in [3.8, 4) is 5.69 Å². The number of ketones is 1. The van der Waals surface area contributed by atoms with Gasteiger partial charge in [-0.3, -0.25) is 4.79 Å². The van der Waals surface area contributed by atoms with Gasteiger partial charge in [-0.15, -0.1) is 0 Å². The van der Waals surface area contributed by atoms with Crippen LogP contribution in [0.15, 0.2) is 64.2 Å². The van der Waals surface area contributed by atoms with Gasteiger partial charge < -0.3 is 13.7 Å². The fraction of sp³-hybridized carbons (Fsp3) is 0.174. The molecule has 0 bridgehead atoms. The first-order chi connectivity index (χ1) is 14.5. The van der Waals surface area contributed by atoms with Crippen LogP contribution in [0.5, 0.6) is 0 Å². The number of Topliss-reactive ketones (excluding diaryl/α,β-unsaturated/α-hetero) is 1. The molecule has 30 heavy (non-hydrogen) atoms. The molecule has 2 aromatic heterocycles. The van der Waals surface area contributed by atoms with Gasteiger partial charge in [0, 0.05) is 22.6 Å². The fourth-order valence-electron chi connectivity index (χ4n) is 3.42. The first-order valence-corrected chi connectivity index (χ1v) is 10.4. The molecule has 0 N–H and O–H groups in total. The third-order valence-electron chi connectivity index (χ3n) is 4.88. The van der Waals surface area contributed by atoms with Crippen LogP contribution in [-0.4, -0.2) is 34.2 Å². The van der Waals surface area contributed by atoms with Gasteiger partial charge in [0.25, 0.3) is 5.22 Å². The molecule has 6 nitrogen and oxygen atoms in total. The van der Waals surface area contributed by atoms with E-state index in [9.17, 15) is 9.59 Å². The van der Waals surface area contributed by atoms with E-state index < -0.39 is 0 Å². The normalized spacial score (nSPS) is 11.0. The van der Waals surface area contributed by atoms with Crippen molar-refractivity contribution in [1.82, 2.24) is 9.55 Å². The van der Waals surface area contributed by atoms with Crippen LogP contribution in [-0.2, 0) is 4.74 Å². The predicted molar refractivity (Wildman–Crippen MR) is 116 cm³/mol. The molecule has 2 heterocycles. The van der Waals surface area contributed by atoms with Crippen LogP contribution < -0.4 is 0 Å². The Morgan fingerprint density at radius 1 is 1.10 bits per heavy atom. The Morgan fingerprint density at radius 2 is 1.83 bits per heavy atom. The maximum atomic E-state index is 12.9. The second-order valence-corrected chi connectivity index (χ2v) is 7.74. The van der Waals surface area contributed by atoms with E-state index in [-0.39, 0.29) is 17.5 Å². The lowest BCUT2D eigenvalue weighted by molar-refractivity contribution is 0.0600. The van der Waals surface area contributed by atoms with Crippen molar-refractivity contribution in [2.45, 2.75) is 19.1 Å². The Balaban J connectivity index is 1.53. The van der Waals surface area contributed by atoms with Crippen molar-refractivity contribution in [2.24, 2.45) is 0 Å². The molecule has 0 aliphatic heterocycles. The quantitative estimate of drug-likeness (QED) is 0.248. The molecule has 0 amide bonds. The number of oxazole rings is 1. The summed E-state index contributed by atoms with van der Waals surface area (Å²) in [5, 5.41) is 0.483. The molecule has 152 valence electrons. The van der Waals surface area contributed by atoms with Crippen LogP contribution in [0.1, 0.15) is 32.1 Å². The van der Waals surface area contributed by atoms with Gasteiger partial charge in [0.1, 0.15) is 5.52 Å². The van der Waals surface area contributed by atoms with Crippen molar-refractivity contribution < 1.29 is 18.7 Å². The number of benzene rings is 2. The molecule has 2 aromatic carbocycles. The van der Waals surface area contributed by atoms with E-state index in [2.05, 4.69) is 4.98 Å². The van der Waals surface area contributed by atoms with Gasteiger partial charge in [-0.2, -0.15) is 0 Å². The molecule has 0 saturated carbocycles. The van der Waals surface area contributed by atoms with Gasteiger partial charge in [-0.1, -0.05) is 23.9 Å². The Hall–Kier alpha value is -3.32. The van der Waals surface area contributed by atoms with E-state index in [4.69, 9.17) is 9.15 Å². The summed E-state index contributed by atoms with van der Waals surface area (Å²) in [6, 6.07) is 16.5. The molecule has 0 fully saturated rings. The highest BCUT2D eigenvalue weighted by atomic mass is 32.2. The molecular weight excluding hydrogens is 400 g/mol. The first kappa shape index (κ1) is 20.0. The molecular formula is C23H20N2O4S. The minimum absolute atomic E-state index is 0.00721. The van der Waals surface area contributed by atoms with Crippen LogP contribution in [0.25, 0.3) is 16.8 Å². The molecule has 0 saturated heterocycles. The average molecular weight is 420 g/mol. The summed E-state index contributed by atoms with van der Waals surface area (Å²) >= 11 is 1.29. The van der Waals surface area contributed by atoms with Gasteiger partial charge >= 0.3 is 5.97 Å². The largest absolute Gasteiger partial charge is 0.465 e. The number of carbonyl (C=O) groups is 2. The van der Waals surface area contributed by atoms with Crippen molar-refractivity contribution in [2.75, 3.05) is 12.9 Å². The van der Waals surface area contributed by atoms with Crippen molar-refractivity contribution in [3.05, 3.63) is 77.1 Å². The summed E-state index contributed by atoms with van der Waals surface area (Å²) in [5.41, 5.74) is 5.29. The van der Waals surface area contributed by atoms with E-state index in [0.29, 0.717) is 21.9 Å². The minimum Gasteiger partial charge on any atom is -0.465 e. The lowest BCUT2D eigenvalue weighted by atomic mass is 10.2. The number of rotatable bonds is 6. The Kier molecular flexibility index (Phi) is 5.46. The molecule has 4 aromatic rings. The summed E-state index contributed by atoms with van der Waals surface area (Å²) in [6.07, 6.45) is 0. The number of esters is 1. The number of methoxy groups -OCH3 is 1. The highest BCUT2D eigenvalue weighted by molar-refractivity contribution is 7.99. The molecule has 7 heteroatoms. The minimum atomic E-state index is -0.380. The molecule has 0 radical (unpaired) electrons. The van der Waals surface area contributed by atoms with Gasteiger partial charge in [-0.05, 0) is 56.3 Å². The highest BCUT2D eigenvalue weighted by Crippen LogP contribution is 2.26. The van der Waals surface area contributed by atoms with Gasteiger partial charge in [0.2, 0.25) is 0 Å². The third-order valence-corrected chi connectivity index (χ3v) is 5.71. The number of para-hydroxylation sites is 2. The highest BCUT2D eigenvalue weighted by Gasteiger charge is 2.18. The van der Waals surface area contributed by atoms with E-state index >= 15 is 0 Å². The van der Waals surface area contributed by atoms with Crippen LogP contribution in [0.2, 0.25) is 0 Å². The lowest BCUT2D eigenvalue weighted by Gasteiger charge is -2.10. The predicted octanol–water partition coefficient (Wildman–Crippen LogP) is 5.00. The second kappa shape index (κ2) is 8.20. The zero-order valence-electron chi connectivity index (χ0n) is 16.8. The maximum Gasteiger partial charge on any atom is 0.337 e. The smallest absolute Gasteiger partial charge is 0.337 e. The first-order valence-electron chi connectivity index (χ1n) is 9.37. The van der Waals surface area contributed by atoms with E-state index in [1.54, 1.807) is 12.1 Å². The summed E-state index contributed by atoms with van der Waals surface area (Å²) in [7, 11) is 1.35. The van der Waals surface area contributed by atoms with Gasteiger partial charge in [-0.25, -0.2) is 9.78 Å². The standard InChI is InChI=1S/C23H20N2O4S/c1-14-12-18(15(2)25(14)17-10-8-16(9-11-17)22(27)28-3)20(26)13-30-23-24-19-6-4-5-7-21(19)29-23/h4-12H,13H2,1-3H3. The van der Waals surface area contributed by atoms with E-state index in [1.165, 1.54) is 18.9 Å². The Morgan fingerprint density at radius 3 is 2.53 bits per heavy atom. The van der Waals surface area contributed by atoms with Crippen LogP contribution in [0, 0.1) is 13.8 Å². The monoisotopic (exact) mass is 420 g/mol. The van der Waals surface area contributed by atoms with Crippen LogP contribution >= 0.6 is 11.8 Å². The van der Waals surface area contributed by atoms with Gasteiger partial charge in [0.15, 0.2) is 11.4 Å². The SMILES string of the molecule is COC(=O)c1ccc(-n2c(C)cc(C(=O)CSc3nc4ccccc4o3)c2C)cc1. The topological polar surface area (TPSA) is 74.3 Å². The molecule has 0 aliphatic rings. The molecule has 0 spiro atoms. The maximum absolute atomic E-state index is 12.9. The van der Waals surface area contributed by atoms with Gasteiger partial charge in [0.05, 0.1) is 18.4 Å². The Labute approximate surface area is 177 Å². The van der Waals surface area contributed by atoms with Crippen molar-refractivity contribution >= 4 is 34.6 Å². The van der Waals surface area contributed by atoms with Crippen molar-refractivity contribution in [3.63, 3.8) is 0 Å². The van der Waals surface area contributed by atoms with E-state index in [1.807, 2.05) is 60.9 Å². The van der Waals surface area contributed by atoms with Crippen LogP contribution in [0.4, 0.5) is 0 Å². The lowest BCUT2D eigenvalue weighted by Crippen LogP contribution is -2.06. The number of aryl methyl sites for hydroxylation is 1. The molecule has 0 aliphatic carbocycles. The zero-order chi connectivity index (χ0) is 21.3. The Bertz CT molecular complexity index is 1210. The zero-order valence-corrected chi connectivity index (χ0v) is 17.7. The summed E-state index contributed by atoms with van der Waals surface area (Å²) < 4.78 is 12.4. The number of carbonyl (C=O) groups excluding carboxylic acids is 2. The number of hydrogen-bond acceptors (Lipinski definition) is 6. The fourth-order valence-corrected chi connectivity index (χ4v) is 4.15. The summed E-state index contributed by atoms with van der Waals surface area (Å²) in [4.78, 5) is 28.9. The second-order valence-electron chi connectivity index (χ2n) is 6.82. The molecule has 4 rings (SSSR count). The number of aromatic nitrogens is 2. The number of thioether (sulfide) groups is 1.